The molecule has 0 saturated heterocycles. The lowest BCUT2D eigenvalue weighted by Crippen LogP contribution is -2.67. The number of unbranched alkanes of at least 4 members (excludes halogenated alkanes) is 12. The van der Waals surface area contributed by atoms with E-state index < -0.39 is 45.1 Å². The van der Waals surface area contributed by atoms with Crippen molar-refractivity contribution in [2.24, 2.45) is 0 Å². The van der Waals surface area contributed by atoms with Crippen molar-refractivity contribution in [1.82, 2.24) is 4.67 Å². The number of hydrogen-bond acceptors (Lipinski definition) is 9. The fraction of sp³-hybridized carbons (Fsp3) is 0.508. The van der Waals surface area contributed by atoms with Crippen LogP contribution in [0.3, 0.4) is 0 Å². The lowest BCUT2D eigenvalue weighted by Gasteiger charge is -2.50. The summed E-state index contributed by atoms with van der Waals surface area (Å²) < 4.78 is 52.3. The van der Waals surface area contributed by atoms with E-state index in [1.807, 2.05) is 103 Å². The highest BCUT2D eigenvalue weighted by Crippen LogP contribution is 2.51. The Hall–Kier alpha value is -4.28. The van der Waals surface area contributed by atoms with E-state index in [1.54, 1.807) is 0 Å². The fourth-order valence-corrected chi connectivity index (χ4v) is 11.4. The number of carbonyl (C=O) groups is 1. The maximum absolute atomic E-state index is 14.6. The Morgan fingerprint density at radius 2 is 0.712 bits per heavy atom. The van der Waals surface area contributed by atoms with Crippen molar-refractivity contribution < 1.29 is 37.5 Å². The van der Waals surface area contributed by atoms with E-state index in [9.17, 15) is 4.79 Å². The van der Waals surface area contributed by atoms with Crippen molar-refractivity contribution in [3.63, 3.8) is 0 Å². The van der Waals surface area contributed by atoms with Crippen LogP contribution in [-0.4, -0.2) is 59.3 Å². The van der Waals surface area contributed by atoms with Crippen molar-refractivity contribution in [3.05, 3.63) is 179 Å². The van der Waals surface area contributed by atoms with Crippen molar-refractivity contribution in [1.29, 1.82) is 0 Å². The molecule has 1 fully saturated rings. The first-order valence-corrected chi connectivity index (χ1v) is 28.7. The smallest absolute Gasteiger partial charge is 0.306 e. The van der Waals surface area contributed by atoms with Gasteiger partial charge < -0.3 is 32.7 Å². The molecule has 0 N–H and O–H groups in total. The molecule has 1 aliphatic rings. The molecule has 9 nitrogen and oxygen atoms in total. The highest BCUT2D eigenvalue weighted by molar-refractivity contribution is 7.44. The standard InChI is InChI=1S/C63H86NO8P/c1-6-7-8-9-10-11-12-13-14-15-16-17-33-44-57(65)71-62-60(68-47-54-38-27-20-28-39-54)58(66-45-52-34-23-18-24-35-52)59(67-46-53-36-25-19-26-37-53)61(69-48-55-40-29-21-30-41-55)63(62)72-73(64(50(2)3)51(4)5)70-49-56-42-31-22-32-43-56/h18-32,34-43,50-51,58-63H,6-17,33,44-49H2,1-5H3/t58-,59-,60+,61+,62+,63-,73?/m0/s1. The van der Waals surface area contributed by atoms with Crippen molar-refractivity contribution in [2.75, 3.05) is 0 Å². The van der Waals surface area contributed by atoms with Gasteiger partial charge in [-0.25, -0.2) is 4.67 Å². The van der Waals surface area contributed by atoms with Crippen LogP contribution in [0.1, 0.15) is 152 Å². The van der Waals surface area contributed by atoms with Gasteiger partial charge in [0.15, 0.2) is 6.10 Å². The van der Waals surface area contributed by atoms with E-state index in [2.05, 4.69) is 87.8 Å². The van der Waals surface area contributed by atoms with Gasteiger partial charge in [0.25, 0.3) is 8.53 Å². The first kappa shape index (κ1) is 58.0. The third kappa shape index (κ3) is 20.4. The molecule has 0 aromatic heterocycles. The molecular formula is C63H86NO8P. The van der Waals surface area contributed by atoms with Crippen LogP contribution in [0.25, 0.3) is 0 Å². The van der Waals surface area contributed by atoms with E-state index in [4.69, 9.17) is 32.7 Å². The van der Waals surface area contributed by atoms with Gasteiger partial charge in [-0.3, -0.25) is 4.79 Å². The van der Waals surface area contributed by atoms with Gasteiger partial charge in [-0.1, -0.05) is 236 Å². The highest BCUT2D eigenvalue weighted by Gasteiger charge is 2.57. The van der Waals surface area contributed by atoms with Gasteiger partial charge >= 0.3 is 5.97 Å². The Kier molecular flexibility index (Phi) is 26.7. The van der Waals surface area contributed by atoms with Crippen LogP contribution >= 0.6 is 8.53 Å². The first-order chi connectivity index (χ1) is 35.8. The zero-order valence-corrected chi connectivity index (χ0v) is 45.5. The number of carbonyl (C=O) groups excluding carboxylic acids is 1. The number of esters is 1. The summed E-state index contributed by atoms with van der Waals surface area (Å²) in [5.74, 6) is -0.304. The van der Waals surface area contributed by atoms with Crippen LogP contribution in [0.5, 0.6) is 0 Å². The molecule has 0 heterocycles. The molecule has 5 aromatic rings. The molecule has 0 aliphatic heterocycles. The van der Waals surface area contributed by atoms with Gasteiger partial charge in [-0.15, -0.1) is 0 Å². The third-order valence-corrected chi connectivity index (χ3v) is 15.6. The van der Waals surface area contributed by atoms with Crippen LogP contribution in [0, 0.1) is 0 Å². The molecule has 1 saturated carbocycles. The second-order valence-corrected chi connectivity index (χ2v) is 21.5. The predicted molar refractivity (Wildman–Crippen MR) is 295 cm³/mol. The van der Waals surface area contributed by atoms with Gasteiger partial charge in [-0.2, -0.15) is 0 Å². The summed E-state index contributed by atoms with van der Waals surface area (Å²) in [5, 5.41) is 0. The first-order valence-electron chi connectivity index (χ1n) is 27.5. The van der Waals surface area contributed by atoms with E-state index >= 15 is 0 Å². The fourth-order valence-electron chi connectivity index (χ4n) is 9.63. The number of ether oxygens (including phenoxy) is 5. The molecule has 5 aromatic carbocycles. The van der Waals surface area contributed by atoms with Gasteiger partial charge in [0.2, 0.25) is 0 Å². The minimum atomic E-state index is -1.81. The monoisotopic (exact) mass is 1020 g/mol. The average Bonchev–Trinajstić information content (AvgIpc) is 3.41. The molecule has 396 valence electrons. The van der Waals surface area contributed by atoms with Crippen molar-refractivity contribution in [2.45, 2.75) is 206 Å². The Morgan fingerprint density at radius 3 is 1.05 bits per heavy atom. The summed E-state index contributed by atoms with van der Waals surface area (Å²) in [5.41, 5.74) is 4.97. The normalized spacial score (nSPS) is 19.4. The minimum absolute atomic E-state index is 0.0444. The Bertz CT molecular complexity index is 2160. The van der Waals surface area contributed by atoms with E-state index in [1.165, 1.54) is 64.2 Å². The van der Waals surface area contributed by atoms with Crippen LogP contribution in [0.2, 0.25) is 0 Å². The van der Waals surface area contributed by atoms with E-state index in [-0.39, 0.29) is 50.9 Å². The molecule has 1 aliphatic carbocycles. The molecule has 0 amide bonds. The zero-order chi connectivity index (χ0) is 51.3. The molecule has 0 radical (unpaired) electrons. The van der Waals surface area contributed by atoms with Gasteiger partial charge in [-0.05, 0) is 61.9 Å². The Labute approximate surface area is 440 Å². The number of hydrogen-bond donors (Lipinski definition) is 0. The molecule has 0 spiro atoms. The van der Waals surface area contributed by atoms with E-state index in [0.717, 1.165) is 47.1 Å². The quantitative estimate of drug-likeness (QED) is 0.0224. The molecule has 73 heavy (non-hydrogen) atoms. The van der Waals surface area contributed by atoms with Crippen molar-refractivity contribution in [3.8, 4) is 0 Å². The van der Waals surface area contributed by atoms with Gasteiger partial charge in [0.05, 0.1) is 33.0 Å². The summed E-state index contributed by atoms with van der Waals surface area (Å²) in [6.45, 7) is 12.2. The van der Waals surface area contributed by atoms with Gasteiger partial charge in [0.1, 0.15) is 30.5 Å². The highest BCUT2D eigenvalue weighted by atomic mass is 31.2. The molecule has 0 bridgehead atoms. The summed E-state index contributed by atoms with van der Waals surface area (Å²) in [6, 6.07) is 50.7. The molecular weight excluding hydrogens is 930 g/mol. The summed E-state index contributed by atoms with van der Waals surface area (Å²) in [7, 11) is -1.81. The summed E-state index contributed by atoms with van der Waals surface area (Å²) >= 11 is 0. The third-order valence-electron chi connectivity index (χ3n) is 13.5. The number of nitrogens with zero attached hydrogens (tertiary/aromatic N) is 1. The minimum Gasteiger partial charge on any atom is -0.457 e. The predicted octanol–water partition coefficient (Wildman–Crippen LogP) is 15.7. The Balaban J connectivity index is 1.36. The lowest BCUT2D eigenvalue weighted by atomic mass is 9.83. The summed E-state index contributed by atoms with van der Waals surface area (Å²) in [4.78, 5) is 14.6. The molecule has 10 heteroatoms. The SMILES string of the molecule is CCCCCCCCCCCCCCCC(=O)O[C@@H]1[C@H](OCc2ccccc2)[C@@H](OCc2ccccc2)[C@H](OCc2ccccc2)[C@@H](OCc2ccccc2)[C@@H]1OP(OCc1ccccc1)N(C(C)C)C(C)C. The second kappa shape index (κ2) is 33.6. The van der Waals surface area contributed by atoms with Crippen LogP contribution in [-0.2, 0) is 70.6 Å². The number of rotatable bonds is 35. The van der Waals surface area contributed by atoms with Gasteiger partial charge in [0, 0.05) is 18.5 Å². The van der Waals surface area contributed by atoms with Crippen molar-refractivity contribution >= 4 is 14.5 Å². The average molecular weight is 1020 g/mol. The van der Waals surface area contributed by atoms with Crippen LogP contribution in [0.4, 0.5) is 0 Å². The molecule has 6 rings (SSSR count). The maximum atomic E-state index is 14.6. The molecule has 7 atom stereocenters. The largest absolute Gasteiger partial charge is 0.457 e. The zero-order valence-electron chi connectivity index (χ0n) is 44.6. The summed E-state index contributed by atoms with van der Waals surface area (Å²) in [6.07, 6.45) is 11.0. The topological polar surface area (TPSA) is 84.9 Å². The van der Waals surface area contributed by atoms with Crippen LogP contribution < -0.4 is 0 Å². The maximum Gasteiger partial charge on any atom is 0.306 e. The van der Waals surface area contributed by atoms with Crippen LogP contribution in [0.15, 0.2) is 152 Å². The number of benzene rings is 5. The molecule has 1 unspecified atom stereocenters. The van der Waals surface area contributed by atoms with E-state index in [0.29, 0.717) is 6.61 Å². The lowest BCUT2D eigenvalue weighted by molar-refractivity contribution is -0.274. The Morgan fingerprint density at radius 1 is 0.411 bits per heavy atom. The second-order valence-electron chi connectivity index (χ2n) is 20.1.